The van der Waals surface area contributed by atoms with Gasteiger partial charge in [0.15, 0.2) is 6.61 Å². The van der Waals surface area contributed by atoms with Crippen LogP contribution in [0.3, 0.4) is 0 Å². The molecule has 0 unspecified atom stereocenters. The third kappa shape index (κ3) is 4.93. The topological polar surface area (TPSA) is 38.3 Å². The van der Waals surface area contributed by atoms with Crippen LogP contribution in [0.5, 0.6) is 5.75 Å². The fourth-order valence-corrected chi connectivity index (χ4v) is 2.05. The lowest BCUT2D eigenvalue weighted by atomic mass is 10.0. The van der Waals surface area contributed by atoms with Crippen molar-refractivity contribution in [2.45, 2.75) is 40.5 Å². The quantitative estimate of drug-likeness (QED) is 0.820. The molecule has 19 heavy (non-hydrogen) atoms. The summed E-state index contributed by atoms with van der Waals surface area (Å²) in [6.07, 6.45) is 2.18. The zero-order valence-electron chi connectivity index (χ0n) is 12.5. The first kappa shape index (κ1) is 15.5. The molecule has 0 aliphatic rings. The van der Waals surface area contributed by atoms with Crippen LogP contribution < -0.4 is 10.1 Å². The third-order valence-corrected chi connectivity index (χ3v) is 3.50. The van der Waals surface area contributed by atoms with Gasteiger partial charge in [-0.15, -0.1) is 0 Å². The number of para-hydroxylation sites is 1. The van der Waals surface area contributed by atoms with Gasteiger partial charge in [-0.2, -0.15) is 0 Å². The molecule has 1 amide bonds. The second-order valence-corrected chi connectivity index (χ2v) is 5.00. The highest BCUT2D eigenvalue weighted by Crippen LogP contribution is 2.21. The molecule has 0 aliphatic carbocycles. The molecule has 0 saturated carbocycles. The minimum atomic E-state index is -0.0467. The Morgan fingerprint density at radius 1 is 1.21 bits per heavy atom. The molecule has 1 rings (SSSR count). The second-order valence-electron chi connectivity index (χ2n) is 5.00. The molecule has 3 heteroatoms. The van der Waals surface area contributed by atoms with E-state index < -0.39 is 0 Å². The van der Waals surface area contributed by atoms with E-state index in [2.05, 4.69) is 19.2 Å². The normalized spacial score (nSPS) is 10.6. The average Bonchev–Trinajstić information content (AvgIpc) is 2.39. The molecule has 0 atom stereocenters. The Morgan fingerprint density at radius 3 is 2.32 bits per heavy atom. The lowest BCUT2D eigenvalue weighted by Gasteiger charge is -2.15. The molecule has 1 aromatic rings. The molecule has 0 aliphatic heterocycles. The first-order chi connectivity index (χ1) is 9.08. The molecule has 0 spiro atoms. The van der Waals surface area contributed by atoms with Gasteiger partial charge < -0.3 is 10.1 Å². The summed E-state index contributed by atoms with van der Waals surface area (Å²) in [5.74, 6) is 1.33. The maximum Gasteiger partial charge on any atom is 0.257 e. The molecular weight excluding hydrogens is 238 g/mol. The minimum absolute atomic E-state index is 0.0467. The van der Waals surface area contributed by atoms with Gasteiger partial charge in [-0.25, -0.2) is 0 Å². The summed E-state index contributed by atoms with van der Waals surface area (Å²) in [5, 5.41) is 2.93. The third-order valence-electron chi connectivity index (χ3n) is 3.50. The maximum absolute atomic E-state index is 11.7. The largest absolute Gasteiger partial charge is 0.483 e. The van der Waals surface area contributed by atoms with Crippen LogP contribution in [0, 0.1) is 19.8 Å². The molecule has 0 aromatic heterocycles. The van der Waals surface area contributed by atoms with Gasteiger partial charge in [-0.1, -0.05) is 44.9 Å². The highest BCUT2D eigenvalue weighted by atomic mass is 16.5. The standard InChI is InChI=1S/C16H25NO2/c1-5-14(6-2)10-17-15(18)11-19-16-12(3)8-7-9-13(16)4/h7-9,14H,5-6,10-11H2,1-4H3,(H,17,18). The summed E-state index contributed by atoms with van der Waals surface area (Å²) >= 11 is 0. The summed E-state index contributed by atoms with van der Waals surface area (Å²) in [6, 6.07) is 5.97. The monoisotopic (exact) mass is 263 g/mol. The van der Waals surface area contributed by atoms with Crippen molar-refractivity contribution in [2.24, 2.45) is 5.92 Å². The molecule has 106 valence electrons. The molecule has 0 radical (unpaired) electrons. The Hall–Kier alpha value is -1.51. The van der Waals surface area contributed by atoms with E-state index in [0.29, 0.717) is 5.92 Å². The Kier molecular flexibility index (Phi) is 6.40. The first-order valence-corrected chi connectivity index (χ1v) is 7.04. The number of benzene rings is 1. The number of amides is 1. The van der Waals surface area contributed by atoms with E-state index in [9.17, 15) is 4.79 Å². The van der Waals surface area contributed by atoms with Crippen molar-refractivity contribution < 1.29 is 9.53 Å². The highest BCUT2D eigenvalue weighted by molar-refractivity contribution is 5.77. The number of nitrogens with one attached hydrogen (secondary N) is 1. The highest BCUT2D eigenvalue weighted by Gasteiger charge is 2.09. The Morgan fingerprint density at radius 2 is 1.79 bits per heavy atom. The predicted molar refractivity (Wildman–Crippen MR) is 78.5 cm³/mol. The number of aryl methyl sites for hydroxylation is 2. The van der Waals surface area contributed by atoms with Gasteiger partial charge in [0.25, 0.3) is 5.91 Å². The van der Waals surface area contributed by atoms with Crippen LogP contribution in [0.4, 0.5) is 0 Å². The lowest BCUT2D eigenvalue weighted by Crippen LogP contribution is -2.33. The van der Waals surface area contributed by atoms with E-state index in [1.54, 1.807) is 0 Å². The van der Waals surface area contributed by atoms with Crippen molar-refractivity contribution in [2.75, 3.05) is 13.2 Å². The van der Waals surface area contributed by atoms with Crippen LogP contribution >= 0.6 is 0 Å². The summed E-state index contributed by atoms with van der Waals surface area (Å²) < 4.78 is 5.62. The molecule has 1 aromatic carbocycles. The van der Waals surface area contributed by atoms with Crippen molar-refractivity contribution in [3.63, 3.8) is 0 Å². The molecule has 3 nitrogen and oxygen atoms in total. The van der Waals surface area contributed by atoms with E-state index >= 15 is 0 Å². The lowest BCUT2D eigenvalue weighted by molar-refractivity contribution is -0.123. The first-order valence-electron chi connectivity index (χ1n) is 7.04. The van der Waals surface area contributed by atoms with Crippen LogP contribution in [0.15, 0.2) is 18.2 Å². The van der Waals surface area contributed by atoms with E-state index in [1.807, 2.05) is 32.0 Å². The molecule has 0 heterocycles. The van der Waals surface area contributed by atoms with Gasteiger partial charge in [0.05, 0.1) is 0 Å². The number of hydrogen-bond donors (Lipinski definition) is 1. The Balaban J connectivity index is 2.42. The van der Waals surface area contributed by atoms with Crippen LogP contribution in [-0.2, 0) is 4.79 Å². The van der Waals surface area contributed by atoms with Gasteiger partial charge in [-0.3, -0.25) is 4.79 Å². The molecular formula is C16H25NO2. The number of carbonyl (C=O) groups excluding carboxylic acids is 1. The zero-order chi connectivity index (χ0) is 14.3. The van der Waals surface area contributed by atoms with Crippen molar-refractivity contribution in [1.82, 2.24) is 5.32 Å². The number of rotatable bonds is 7. The van der Waals surface area contributed by atoms with Crippen LogP contribution in [0.1, 0.15) is 37.8 Å². The molecule has 1 N–H and O–H groups in total. The van der Waals surface area contributed by atoms with Crippen molar-refractivity contribution in [3.8, 4) is 5.75 Å². The van der Waals surface area contributed by atoms with Crippen LogP contribution in [0.25, 0.3) is 0 Å². The van der Waals surface area contributed by atoms with Gasteiger partial charge in [0.1, 0.15) is 5.75 Å². The fourth-order valence-electron chi connectivity index (χ4n) is 2.05. The van der Waals surface area contributed by atoms with Crippen molar-refractivity contribution >= 4 is 5.91 Å². The number of ether oxygens (including phenoxy) is 1. The van der Waals surface area contributed by atoms with E-state index in [4.69, 9.17) is 4.74 Å². The summed E-state index contributed by atoms with van der Waals surface area (Å²) in [4.78, 5) is 11.7. The van der Waals surface area contributed by atoms with E-state index in [-0.39, 0.29) is 12.5 Å². The van der Waals surface area contributed by atoms with Gasteiger partial charge in [0, 0.05) is 6.54 Å². The van der Waals surface area contributed by atoms with E-state index in [1.165, 1.54) is 0 Å². The zero-order valence-corrected chi connectivity index (χ0v) is 12.5. The van der Waals surface area contributed by atoms with Gasteiger partial charge >= 0.3 is 0 Å². The Bertz CT molecular complexity index is 391. The Labute approximate surface area is 116 Å². The maximum atomic E-state index is 11.7. The van der Waals surface area contributed by atoms with E-state index in [0.717, 1.165) is 36.3 Å². The van der Waals surface area contributed by atoms with Crippen LogP contribution in [-0.4, -0.2) is 19.1 Å². The van der Waals surface area contributed by atoms with Crippen molar-refractivity contribution in [1.29, 1.82) is 0 Å². The molecule has 0 saturated heterocycles. The molecule has 0 fully saturated rings. The summed E-state index contributed by atoms with van der Waals surface area (Å²) in [5.41, 5.74) is 2.13. The van der Waals surface area contributed by atoms with Gasteiger partial charge in [-0.05, 0) is 30.9 Å². The van der Waals surface area contributed by atoms with Crippen LogP contribution in [0.2, 0.25) is 0 Å². The molecule has 0 bridgehead atoms. The smallest absolute Gasteiger partial charge is 0.257 e. The summed E-state index contributed by atoms with van der Waals surface area (Å²) in [7, 11) is 0. The fraction of sp³-hybridized carbons (Fsp3) is 0.562. The SMILES string of the molecule is CCC(CC)CNC(=O)COc1c(C)cccc1C. The van der Waals surface area contributed by atoms with Crippen molar-refractivity contribution in [3.05, 3.63) is 29.3 Å². The summed E-state index contributed by atoms with van der Waals surface area (Å²) in [6.45, 7) is 9.10. The predicted octanol–water partition coefficient (Wildman–Crippen LogP) is 3.23. The minimum Gasteiger partial charge on any atom is -0.483 e. The number of hydrogen-bond acceptors (Lipinski definition) is 2. The second kappa shape index (κ2) is 7.82. The number of carbonyl (C=O) groups is 1. The average molecular weight is 263 g/mol. The van der Waals surface area contributed by atoms with Gasteiger partial charge in [0.2, 0.25) is 0 Å².